The van der Waals surface area contributed by atoms with Crippen LogP contribution in [0.1, 0.15) is 20.1 Å². The van der Waals surface area contributed by atoms with E-state index in [-0.39, 0.29) is 5.91 Å². The highest BCUT2D eigenvalue weighted by Crippen LogP contribution is 2.36. The van der Waals surface area contributed by atoms with E-state index >= 15 is 0 Å². The van der Waals surface area contributed by atoms with Gasteiger partial charge in [-0.05, 0) is 39.7 Å². The van der Waals surface area contributed by atoms with E-state index in [1.165, 1.54) is 21.8 Å². The van der Waals surface area contributed by atoms with Gasteiger partial charge in [0.2, 0.25) is 0 Å². The zero-order chi connectivity index (χ0) is 15.1. The zero-order valence-electron chi connectivity index (χ0n) is 11.4. The number of benzene rings is 1. The number of hydrogen-bond acceptors (Lipinski definition) is 5. The Balaban J connectivity index is 1.63. The van der Waals surface area contributed by atoms with Crippen molar-refractivity contribution in [2.75, 3.05) is 5.32 Å². The third-order valence-electron chi connectivity index (χ3n) is 3.55. The molecule has 0 saturated carbocycles. The van der Waals surface area contributed by atoms with E-state index in [0.29, 0.717) is 4.88 Å². The Labute approximate surface area is 138 Å². The van der Waals surface area contributed by atoms with E-state index in [9.17, 15) is 4.79 Å². The van der Waals surface area contributed by atoms with Crippen LogP contribution in [0.15, 0.2) is 35.1 Å². The maximum atomic E-state index is 12.5. The van der Waals surface area contributed by atoms with Crippen LogP contribution in [0.25, 0.3) is 11.0 Å². The number of nitrogens with one attached hydrogen (secondary N) is 2. The van der Waals surface area contributed by atoms with Gasteiger partial charge in [0.1, 0.15) is 4.88 Å². The summed E-state index contributed by atoms with van der Waals surface area (Å²) in [5, 5.41) is 6.21. The number of amides is 1. The fourth-order valence-corrected chi connectivity index (χ4v) is 4.49. The molecule has 3 aromatic rings. The van der Waals surface area contributed by atoms with Crippen LogP contribution in [0.3, 0.4) is 0 Å². The van der Waals surface area contributed by atoms with E-state index in [4.69, 9.17) is 0 Å². The van der Waals surface area contributed by atoms with Crippen LogP contribution in [-0.4, -0.2) is 15.9 Å². The highest BCUT2D eigenvalue weighted by atomic mass is 79.9. The maximum Gasteiger partial charge on any atom is 0.266 e. The van der Waals surface area contributed by atoms with Crippen molar-refractivity contribution in [2.24, 2.45) is 0 Å². The molecule has 7 heteroatoms. The van der Waals surface area contributed by atoms with Gasteiger partial charge >= 0.3 is 0 Å². The van der Waals surface area contributed by atoms with Gasteiger partial charge in [0.15, 0.2) is 0 Å². The summed E-state index contributed by atoms with van der Waals surface area (Å²) in [5.41, 5.74) is 3.48. The van der Waals surface area contributed by atoms with Crippen LogP contribution in [0.4, 0.5) is 5.69 Å². The monoisotopic (exact) mass is 374 g/mol. The Kier molecular flexibility index (Phi) is 3.40. The number of anilines is 1. The number of rotatable bonds is 2. The fraction of sp³-hybridized carbons (Fsp3) is 0.133. The van der Waals surface area contributed by atoms with Crippen molar-refractivity contribution >= 4 is 49.9 Å². The summed E-state index contributed by atoms with van der Waals surface area (Å²) in [6.07, 6.45) is 3.29. The second-order valence-electron chi connectivity index (χ2n) is 4.96. The number of hydrogen-bond donors (Lipinski definition) is 2. The number of thiophene rings is 1. The number of halogens is 1. The highest BCUT2D eigenvalue weighted by molar-refractivity contribution is 9.10. The van der Waals surface area contributed by atoms with E-state index in [2.05, 4.69) is 36.5 Å². The summed E-state index contributed by atoms with van der Waals surface area (Å²) in [5.74, 6) is -0.102. The second-order valence-corrected chi connectivity index (χ2v) is 6.86. The Morgan fingerprint density at radius 1 is 1.23 bits per heavy atom. The molecule has 2 aromatic heterocycles. The van der Waals surface area contributed by atoms with Crippen LogP contribution in [-0.2, 0) is 13.1 Å². The molecular weight excluding hydrogens is 364 g/mol. The first-order valence-electron chi connectivity index (χ1n) is 6.75. The Hall–Kier alpha value is -1.83. The van der Waals surface area contributed by atoms with E-state index in [1.54, 1.807) is 12.4 Å². The normalized spacial score (nSPS) is 13.3. The first kappa shape index (κ1) is 13.8. The van der Waals surface area contributed by atoms with Gasteiger partial charge in [-0.2, -0.15) is 0 Å². The lowest BCUT2D eigenvalue weighted by Gasteiger charge is -2.05. The average Bonchev–Trinajstić information content (AvgIpc) is 3.10. The van der Waals surface area contributed by atoms with Gasteiger partial charge in [-0.1, -0.05) is 0 Å². The molecule has 0 spiro atoms. The number of nitrogens with zero attached hydrogens (tertiary/aromatic N) is 2. The molecule has 0 saturated heterocycles. The highest BCUT2D eigenvalue weighted by Gasteiger charge is 2.24. The summed E-state index contributed by atoms with van der Waals surface area (Å²) in [6, 6.07) is 5.52. The molecule has 3 heterocycles. The first-order valence-corrected chi connectivity index (χ1v) is 8.36. The van der Waals surface area contributed by atoms with Crippen LogP contribution in [0.2, 0.25) is 0 Å². The Morgan fingerprint density at radius 3 is 2.86 bits per heavy atom. The van der Waals surface area contributed by atoms with Crippen LogP contribution < -0.4 is 10.6 Å². The molecule has 0 atom stereocenters. The van der Waals surface area contributed by atoms with Crippen molar-refractivity contribution < 1.29 is 4.79 Å². The summed E-state index contributed by atoms with van der Waals surface area (Å²) >= 11 is 5.07. The molecule has 1 aromatic carbocycles. The summed E-state index contributed by atoms with van der Waals surface area (Å²) in [4.78, 5) is 22.9. The Morgan fingerprint density at radius 2 is 2.05 bits per heavy atom. The minimum Gasteiger partial charge on any atom is -0.321 e. The Bertz CT molecular complexity index is 892. The standard InChI is InChI=1S/C15H11BrN4OS/c16-13-9-6-17-7-12(9)22-14(13)15(21)20-8-1-2-10-11(5-8)19-4-3-18-10/h1-5,17H,6-7H2,(H,20,21). The van der Waals surface area contributed by atoms with Gasteiger partial charge < -0.3 is 10.6 Å². The maximum absolute atomic E-state index is 12.5. The molecule has 4 rings (SSSR count). The van der Waals surface area contributed by atoms with Gasteiger partial charge in [0.25, 0.3) is 5.91 Å². The van der Waals surface area contributed by atoms with Gasteiger partial charge in [0, 0.05) is 40.5 Å². The number of aromatic nitrogens is 2. The number of fused-ring (bicyclic) bond motifs is 2. The van der Waals surface area contributed by atoms with Crippen LogP contribution >= 0.6 is 27.3 Å². The van der Waals surface area contributed by atoms with E-state index in [1.807, 2.05) is 18.2 Å². The molecule has 1 aliphatic heterocycles. The van der Waals surface area contributed by atoms with Crippen molar-refractivity contribution in [3.05, 3.63) is 50.4 Å². The van der Waals surface area contributed by atoms with Gasteiger partial charge in [-0.25, -0.2) is 0 Å². The SMILES string of the molecule is O=C(Nc1ccc2nccnc2c1)c1sc2c(c1Br)CNC2. The molecule has 1 aliphatic rings. The molecular formula is C15H11BrN4OS. The third kappa shape index (κ3) is 2.31. The molecule has 0 radical (unpaired) electrons. The predicted octanol–water partition coefficient (Wildman–Crippen LogP) is 3.31. The smallest absolute Gasteiger partial charge is 0.266 e. The van der Waals surface area contributed by atoms with Crippen molar-refractivity contribution in [2.45, 2.75) is 13.1 Å². The summed E-state index contributed by atoms with van der Waals surface area (Å²) in [7, 11) is 0. The number of carbonyl (C=O) groups excluding carboxylic acids is 1. The number of carbonyl (C=O) groups is 1. The molecule has 110 valence electrons. The van der Waals surface area contributed by atoms with Crippen molar-refractivity contribution in [1.29, 1.82) is 0 Å². The quantitative estimate of drug-likeness (QED) is 0.721. The predicted molar refractivity (Wildman–Crippen MR) is 90.1 cm³/mol. The van der Waals surface area contributed by atoms with Crippen molar-refractivity contribution in [1.82, 2.24) is 15.3 Å². The molecule has 1 amide bonds. The fourth-order valence-electron chi connectivity index (χ4n) is 2.48. The largest absolute Gasteiger partial charge is 0.321 e. The molecule has 0 fully saturated rings. The van der Waals surface area contributed by atoms with E-state index in [0.717, 1.165) is 34.3 Å². The molecule has 2 N–H and O–H groups in total. The molecule has 0 unspecified atom stereocenters. The lowest BCUT2D eigenvalue weighted by molar-refractivity contribution is 0.103. The second kappa shape index (κ2) is 5.42. The summed E-state index contributed by atoms with van der Waals surface area (Å²) in [6.45, 7) is 1.64. The lowest BCUT2D eigenvalue weighted by atomic mass is 10.2. The molecule has 0 bridgehead atoms. The van der Waals surface area contributed by atoms with Crippen molar-refractivity contribution in [3.63, 3.8) is 0 Å². The van der Waals surface area contributed by atoms with Crippen LogP contribution in [0.5, 0.6) is 0 Å². The molecule has 0 aliphatic carbocycles. The first-order chi connectivity index (χ1) is 10.7. The van der Waals surface area contributed by atoms with E-state index < -0.39 is 0 Å². The van der Waals surface area contributed by atoms with Crippen molar-refractivity contribution in [3.8, 4) is 0 Å². The molecule has 22 heavy (non-hydrogen) atoms. The zero-order valence-corrected chi connectivity index (χ0v) is 13.8. The third-order valence-corrected chi connectivity index (χ3v) is 5.92. The summed E-state index contributed by atoms with van der Waals surface area (Å²) < 4.78 is 0.899. The minimum atomic E-state index is -0.102. The average molecular weight is 375 g/mol. The topological polar surface area (TPSA) is 66.9 Å². The molecule has 5 nitrogen and oxygen atoms in total. The van der Waals surface area contributed by atoms with Gasteiger partial charge in [0.05, 0.1) is 11.0 Å². The minimum absolute atomic E-state index is 0.102. The van der Waals surface area contributed by atoms with Gasteiger partial charge in [-0.15, -0.1) is 11.3 Å². The van der Waals surface area contributed by atoms with Crippen LogP contribution in [0, 0.1) is 0 Å². The van der Waals surface area contributed by atoms with Gasteiger partial charge in [-0.3, -0.25) is 14.8 Å². The lowest BCUT2D eigenvalue weighted by Crippen LogP contribution is -2.11.